The first-order chi connectivity index (χ1) is 9.22. The Morgan fingerprint density at radius 3 is 1.68 bits per heavy atom. The lowest BCUT2D eigenvalue weighted by Gasteiger charge is -2.18. The molecule has 19 heavy (non-hydrogen) atoms. The van der Waals surface area contributed by atoms with Gasteiger partial charge in [-0.15, -0.1) is 0 Å². The van der Waals surface area contributed by atoms with Crippen LogP contribution in [0.5, 0.6) is 23.0 Å². The van der Waals surface area contributed by atoms with Gasteiger partial charge in [-0.1, -0.05) is 24.3 Å². The lowest BCUT2D eigenvalue weighted by atomic mass is 10.1. The molecule has 0 saturated heterocycles. The zero-order valence-electron chi connectivity index (χ0n) is 10.7. The number of ether oxygens (including phenoxy) is 2. The van der Waals surface area contributed by atoms with Crippen LogP contribution in [0.2, 0.25) is 0 Å². The number of furan rings is 1. The molecule has 2 heterocycles. The SMILES string of the molecule is Cc1oc(C)c2c1Oc1cc3ccccc3cc1O2. The van der Waals surface area contributed by atoms with Gasteiger partial charge in [0.25, 0.3) is 0 Å². The third kappa shape index (κ3) is 1.45. The smallest absolute Gasteiger partial charge is 0.211 e. The minimum atomic E-state index is 0.681. The summed E-state index contributed by atoms with van der Waals surface area (Å²) in [4.78, 5) is 0. The van der Waals surface area contributed by atoms with Gasteiger partial charge in [-0.05, 0) is 36.8 Å². The lowest BCUT2D eigenvalue weighted by Crippen LogP contribution is -1.98. The van der Waals surface area contributed by atoms with E-state index in [1.54, 1.807) is 0 Å². The summed E-state index contributed by atoms with van der Waals surface area (Å²) in [5.74, 6) is 4.31. The van der Waals surface area contributed by atoms with Crippen LogP contribution in [0.25, 0.3) is 10.8 Å². The Morgan fingerprint density at radius 1 is 0.737 bits per heavy atom. The number of fused-ring (bicyclic) bond motifs is 3. The minimum Gasteiger partial charge on any atom is -0.459 e. The normalized spacial score (nSPS) is 12.5. The average molecular weight is 252 g/mol. The van der Waals surface area contributed by atoms with Crippen molar-refractivity contribution in [3.63, 3.8) is 0 Å². The fourth-order valence-corrected chi connectivity index (χ4v) is 2.46. The summed E-state index contributed by atoms with van der Waals surface area (Å²) in [5, 5.41) is 2.26. The second-order valence-corrected chi connectivity index (χ2v) is 4.72. The molecule has 0 spiro atoms. The maximum Gasteiger partial charge on any atom is 0.211 e. The van der Waals surface area contributed by atoms with E-state index in [1.807, 2.05) is 38.1 Å². The maximum atomic E-state index is 5.92. The molecule has 0 amide bonds. The number of benzene rings is 2. The van der Waals surface area contributed by atoms with Gasteiger partial charge in [-0.2, -0.15) is 0 Å². The molecule has 0 atom stereocenters. The Kier molecular flexibility index (Phi) is 1.96. The monoisotopic (exact) mass is 252 g/mol. The van der Waals surface area contributed by atoms with E-state index in [-0.39, 0.29) is 0 Å². The molecule has 3 nitrogen and oxygen atoms in total. The summed E-state index contributed by atoms with van der Waals surface area (Å²) in [6.07, 6.45) is 0. The van der Waals surface area contributed by atoms with Crippen molar-refractivity contribution < 1.29 is 13.9 Å². The van der Waals surface area contributed by atoms with E-state index < -0.39 is 0 Å². The summed E-state index contributed by atoms with van der Waals surface area (Å²) in [6.45, 7) is 3.75. The van der Waals surface area contributed by atoms with Crippen LogP contribution in [0.15, 0.2) is 40.8 Å². The predicted molar refractivity (Wildman–Crippen MR) is 72.3 cm³/mol. The van der Waals surface area contributed by atoms with Crippen molar-refractivity contribution in [1.29, 1.82) is 0 Å². The fourth-order valence-electron chi connectivity index (χ4n) is 2.46. The zero-order valence-corrected chi connectivity index (χ0v) is 10.7. The van der Waals surface area contributed by atoms with Gasteiger partial charge in [0.15, 0.2) is 11.5 Å². The van der Waals surface area contributed by atoms with Crippen LogP contribution >= 0.6 is 0 Å². The predicted octanol–water partition coefficient (Wildman–Crippen LogP) is 4.95. The van der Waals surface area contributed by atoms with E-state index in [0.717, 1.165) is 33.8 Å². The van der Waals surface area contributed by atoms with E-state index in [4.69, 9.17) is 13.9 Å². The van der Waals surface area contributed by atoms with Gasteiger partial charge < -0.3 is 13.9 Å². The summed E-state index contributed by atoms with van der Waals surface area (Å²) in [7, 11) is 0. The van der Waals surface area contributed by atoms with Crippen LogP contribution in [0.1, 0.15) is 11.5 Å². The van der Waals surface area contributed by atoms with Gasteiger partial charge in [0.05, 0.1) is 0 Å². The Bertz CT molecular complexity index is 734. The van der Waals surface area contributed by atoms with Gasteiger partial charge in [-0.3, -0.25) is 0 Å². The molecule has 0 N–H and O–H groups in total. The van der Waals surface area contributed by atoms with E-state index in [1.165, 1.54) is 0 Å². The van der Waals surface area contributed by atoms with Crippen molar-refractivity contribution in [2.75, 3.05) is 0 Å². The van der Waals surface area contributed by atoms with Gasteiger partial charge in [0.1, 0.15) is 11.5 Å². The van der Waals surface area contributed by atoms with E-state index >= 15 is 0 Å². The highest BCUT2D eigenvalue weighted by molar-refractivity contribution is 5.86. The quantitative estimate of drug-likeness (QED) is 0.444. The van der Waals surface area contributed by atoms with E-state index in [9.17, 15) is 0 Å². The Morgan fingerprint density at radius 2 is 1.21 bits per heavy atom. The number of rotatable bonds is 0. The Labute approximate surface area is 110 Å². The fraction of sp³-hybridized carbons (Fsp3) is 0.125. The summed E-state index contributed by atoms with van der Waals surface area (Å²) in [6, 6.07) is 12.1. The first-order valence-corrected chi connectivity index (χ1v) is 6.21. The molecule has 3 heteroatoms. The topological polar surface area (TPSA) is 31.6 Å². The molecule has 3 aromatic rings. The first-order valence-electron chi connectivity index (χ1n) is 6.21. The second-order valence-electron chi connectivity index (χ2n) is 4.72. The van der Waals surface area contributed by atoms with Gasteiger partial charge >= 0.3 is 0 Å². The van der Waals surface area contributed by atoms with E-state index in [2.05, 4.69) is 12.1 Å². The molecule has 0 bridgehead atoms. The molecule has 0 radical (unpaired) electrons. The van der Waals surface area contributed by atoms with E-state index in [0.29, 0.717) is 11.5 Å². The summed E-state index contributed by atoms with van der Waals surface area (Å²) >= 11 is 0. The zero-order chi connectivity index (χ0) is 13.0. The van der Waals surface area contributed by atoms with Crippen molar-refractivity contribution >= 4 is 10.8 Å². The summed E-state index contributed by atoms with van der Waals surface area (Å²) in [5.41, 5.74) is 0. The molecule has 0 unspecified atom stereocenters. The van der Waals surface area contributed by atoms with Crippen molar-refractivity contribution in [1.82, 2.24) is 0 Å². The highest BCUT2D eigenvalue weighted by Gasteiger charge is 2.26. The van der Waals surface area contributed by atoms with Crippen molar-refractivity contribution in [3.05, 3.63) is 47.9 Å². The second kappa shape index (κ2) is 3.54. The van der Waals surface area contributed by atoms with Crippen molar-refractivity contribution in [2.45, 2.75) is 13.8 Å². The highest BCUT2D eigenvalue weighted by atomic mass is 16.6. The van der Waals surface area contributed by atoms with Crippen LogP contribution in [-0.2, 0) is 0 Å². The standard InChI is InChI=1S/C16H12O3/c1-9-15-16(10(2)17-9)19-14-8-12-6-4-3-5-11(12)7-13(14)18-15/h3-8H,1-2H3. The van der Waals surface area contributed by atoms with Crippen LogP contribution < -0.4 is 9.47 Å². The van der Waals surface area contributed by atoms with Crippen LogP contribution in [0.3, 0.4) is 0 Å². The molecule has 0 saturated carbocycles. The number of aryl methyl sites for hydroxylation is 2. The maximum absolute atomic E-state index is 5.92. The molecule has 0 fully saturated rings. The number of hydrogen-bond donors (Lipinski definition) is 0. The average Bonchev–Trinajstić information content (AvgIpc) is 2.69. The third-order valence-electron chi connectivity index (χ3n) is 3.39. The van der Waals surface area contributed by atoms with Crippen molar-refractivity contribution in [3.8, 4) is 23.0 Å². The van der Waals surface area contributed by atoms with Gasteiger partial charge in [0, 0.05) is 0 Å². The molecular weight excluding hydrogens is 240 g/mol. The highest BCUT2D eigenvalue weighted by Crippen LogP contribution is 2.50. The lowest BCUT2D eigenvalue weighted by molar-refractivity contribution is 0.360. The molecule has 2 aromatic carbocycles. The Balaban J connectivity index is 1.93. The Hall–Kier alpha value is -2.42. The van der Waals surface area contributed by atoms with Crippen LogP contribution in [0, 0.1) is 13.8 Å². The molecule has 94 valence electrons. The molecule has 1 aliphatic heterocycles. The van der Waals surface area contributed by atoms with Gasteiger partial charge in [-0.25, -0.2) is 0 Å². The third-order valence-corrected chi connectivity index (χ3v) is 3.39. The molecule has 4 rings (SSSR count). The first kappa shape index (κ1) is 10.5. The van der Waals surface area contributed by atoms with Crippen LogP contribution in [0.4, 0.5) is 0 Å². The van der Waals surface area contributed by atoms with Crippen molar-refractivity contribution in [2.24, 2.45) is 0 Å². The summed E-state index contributed by atoms with van der Waals surface area (Å²) < 4.78 is 17.4. The van der Waals surface area contributed by atoms with Crippen LogP contribution in [-0.4, -0.2) is 0 Å². The minimum absolute atomic E-state index is 0.681. The number of hydrogen-bond acceptors (Lipinski definition) is 3. The molecule has 1 aliphatic rings. The largest absolute Gasteiger partial charge is 0.459 e. The molecule has 1 aromatic heterocycles. The molecule has 0 aliphatic carbocycles. The van der Waals surface area contributed by atoms with Gasteiger partial charge in [0.2, 0.25) is 11.5 Å². The molecular formula is C16H12O3.